The Balaban J connectivity index is 1.53. The summed E-state index contributed by atoms with van der Waals surface area (Å²) < 4.78 is 4.85. The monoisotopic (exact) mass is 316 g/mol. The number of aliphatic hydroxyl groups is 1. The molecule has 0 radical (unpaired) electrons. The number of carbonyl (C=O) groups is 1. The minimum Gasteiger partial charge on any atom is -0.392 e. The van der Waals surface area contributed by atoms with Gasteiger partial charge in [0.05, 0.1) is 12.2 Å². The Hall–Kier alpha value is -2.34. The molecule has 122 valence electrons. The fraction of sp³-hybridized carbons (Fsp3) is 0.412. The summed E-state index contributed by atoms with van der Waals surface area (Å²) >= 11 is 0. The minimum absolute atomic E-state index is 0.0401. The van der Waals surface area contributed by atoms with Gasteiger partial charge in [0.2, 0.25) is 5.76 Å². The van der Waals surface area contributed by atoms with Crippen molar-refractivity contribution in [2.24, 2.45) is 5.92 Å². The van der Waals surface area contributed by atoms with Crippen LogP contribution in [0.3, 0.4) is 0 Å². The van der Waals surface area contributed by atoms with Crippen LogP contribution in [-0.2, 0) is 6.42 Å². The Bertz CT molecular complexity index is 699. The Labute approximate surface area is 133 Å². The molecule has 6 heteroatoms. The van der Waals surface area contributed by atoms with Crippen LogP contribution in [0.2, 0.25) is 0 Å². The number of benzene rings is 1. The van der Waals surface area contributed by atoms with E-state index in [-0.39, 0.29) is 17.6 Å². The van der Waals surface area contributed by atoms with Gasteiger partial charge >= 0.3 is 0 Å². The lowest BCUT2D eigenvalue weighted by Gasteiger charge is -2.33. The zero-order valence-corrected chi connectivity index (χ0v) is 12.8. The number of aliphatic hydroxyl groups excluding tert-OH is 1. The van der Waals surface area contributed by atoms with Gasteiger partial charge in [-0.25, -0.2) is 0 Å². The fourth-order valence-electron chi connectivity index (χ4n) is 3.05. The first-order valence-electron chi connectivity index (χ1n) is 7.83. The Morgan fingerprint density at radius 3 is 2.61 bits per heavy atom. The summed E-state index contributed by atoms with van der Waals surface area (Å²) in [5, 5.41) is 12.5. The Morgan fingerprint density at radius 2 is 2.00 bits per heavy atom. The second kappa shape index (κ2) is 6.83. The maximum Gasteiger partial charge on any atom is 0.292 e. The van der Waals surface area contributed by atoms with E-state index in [2.05, 4.69) is 5.16 Å². The van der Waals surface area contributed by atoms with Crippen LogP contribution >= 0.6 is 0 Å². The van der Waals surface area contributed by atoms with E-state index in [0.717, 1.165) is 18.4 Å². The molecule has 1 atom stereocenters. The molecule has 1 amide bonds. The van der Waals surface area contributed by atoms with E-state index in [1.807, 2.05) is 30.3 Å². The number of nitrogens with zero attached hydrogens (tertiary/aromatic N) is 1. The maximum atomic E-state index is 12.2. The third-order valence-electron chi connectivity index (χ3n) is 4.39. The summed E-state index contributed by atoms with van der Waals surface area (Å²) in [6.45, 7) is 1.12. The van der Waals surface area contributed by atoms with Crippen molar-refractivity contribution in [1.29, 1.82) is 0 Å². The van der Waals surface area contributed by atoms with E-state index in [1.54, 1.807) is 4.90 Å². The number of hydrogen-bond donors (Lipinski definition) is 2. The second-order valence-electron chi connectivity index (χ2n) is 5.96. The minimum atomic E-state index is -0.415. The zero-order chi connectivity index (χ0) is 16.2. The number of rotatable bonds is 4. The van der Waals surface area contributed by atoms with Gasteiger partial charge in [-0.15, -0.1) is 0 Å². The molecule has 0 bridgehead atoms. The lowest BCUT2D eigenvalue weighted by molar-refractivity contribution is 0.0442. The fourth-order valence-corrected chi connectivity index (χ4v) is 3.05. The number of likely N-dealkylation sites (tertiary alicyclic amines) is 1. The van der Waals surface area contributed by atoms with Gasteiger partial charge in [0.1, 0.15) is 0 Å². The molecule has 0 unspecified atom stereocenters. The predicted molar refractivity (Wildman–Crippen MR) is 84.1 cm³/mol. The third-order valence-corrected chi connectivity index (χ3v) is 4.39. The molecule has 2 N–H and O–H groups in total. The molecule has 2 aromatic rings. The molecule has 1 fully saturated rings. The van der Waals surface area contributed by atoms with Crippen LogP contribution in [-0.4, -0.2) is 40.3 Å². The molecule has 0 aliphatic carbocycles. The molecule has 1 aromatic carbocycles. The van der Waals surface area contributed by atoms with Crippen molar-refractivity contribution >= 4 is 5.91 Å². The number of carbonyl (C=O) groups excluding carboxylic acids is 1. The van der Waals surface area contributed by atoms with Crippen molar-refractivity contribution in [1.82, 2.24) is 10.1 Å². The molecule has 6 nitrogen and oxygen atoms in total. The van der Waals surface area contributed by atoms with Crippen LogP contribution in [0.15, 0.2) is 45.7 Å². The van der Waals surface area contributed by atoms with Crippen molar-refractivity contribution in [3.05, 3.63) is 58.1 Å². The average molecular weight is 316 g/mol. The van der Waals surface area contributed by atoms with Crippen LogP contribution in [0.25, 0.3) is 0 Å². The first-order chi connectivity index (χ1) is 11.1. The highest BCUT2D eigenvalue weighted by Gasteiger charge is 2.29. The number of H-pyrrole nitrogens is 1. The maximum absolute atomic E-state index is 12.2. The largest absolute Gasteiger partial charge is 0.392 e. The molecule has 23 heavy (non-hydrogen) atoms. The number of amides is 1. The normalized spacial score (nSPS) is 17.2. The number of nitrogens with one attached hydrogen (secondary N) is 1. The number of aromatic amines is 1. The molecule has 3 rings (SSSR count). The molecular formula is C17H20N2O4. The van der Waals surface area contributed by atoms with E-state index in [1.165, 1.54) is 6.07 Å². The molecule has 1 aliphatic rings. The molecular weight excluding hydrogens is 296 g/mol. The summed E-state index contributed by atoms with van der Waals surface area (Å²) in [5.74, 6) is -0.0601. The second-order valence-corrected chi connectivity index (χ2v) is 5.96. The molecule has 0 spiro atoms. The highest BCUT2D eigenvalue weighted by atomic mass is 16.5. The van der Waals surface area contributed by atoms with Gasteiger partial charge in [0.25, 0.3) is 11.5 Å². The van der Waals surface area contributed by atoms with Crippen LogP contribution in [0.5, 0.6) is 0 Å². The van der Waals surface area contributed by atoms with Crippen molar-refractivity contribution in [2.45, 2.75) is 25.4 Å². The van der Waals surface area contributed by atoms with E-state index in [9.17, 15) is 14.7 Å². The summed E-state index contributed by atoms with van der Waals surface area (Å²) in [7, 11) is 0. The SMILES string of the molecule is O=C(c1cc(=O)[nH]o1)N1CCC([C@H](O)Cc2ccccc2)CC1. The summed E-state index contributed by atoms with van der Waals surface area (Å²) in [4.78, 5) is 24.9. The Morgan fingerprint density at radius 1 is 1.30 bits per heavy atom. The van der Waals surface area contributed by atoms with Crippen LogP contribution in [0, 0.1) is 5.92 Å². The van der Waals surface area contributed by atoms with E-state index < -0.39 is 11.7 Å². The first kappa shape index (κ1) is 15.6. The van der Waals surface area contributed by atoms with Gasteiger partial charge in [-0.05, 0) is 30.7 Å². The average Bonchev–Trinajstić information content (AvgIpc) is 3.02. The van der Waals surface area contributed by atoms with Crippen molar-refractivity contribution in [2.75, 3.05) is 13.1 Å². The number of piperidine rings is 1. The van der Waals surface area contributed by atoms with Gasteiger partial charge in [-0.3, -0.25) is 9.59 Å². The molecule has 1 saturated heterocycles. The smallest absolute Gasteiger partial charge is 0.292 e. The molecule has 1 aromatic heterocycles. The van der Waals surface area contributed by atoms with Crippen LogP contribution in [0.4, 0.5) is 0 Å². The lowest BCUT2D eigenvalue weighted by atomic mass is 9.88. The summed E-state index contributed by atoms with van der Waals surface area (Å²) in [5.41, 5.74) is 0.703. The van der Waals surface area contributed by atoms with Gasteiger partial charge in [-0.1, -0.05) is 30.3 Å². The lowest BCUT2D eigenvalue weighted by Crippen LogP contribution is -2.41. The van der Waals surface area contributed by atoms with Gasteiger partial charge in [0.15, 0.2) is 0 Å². The quantitative estimate of drug-likeness (QED) is 0.893. The molecule has 2 heterocycles. The van der Waals surface area contributed by atoms with Crippen molar-refractivity contribution in [3.8, 4) is 0 Å². The number of hydrogen-bond acceptors (Lipinski definition) is 4. The highest BCUT2D eigenvalue weighted by molar-refractivity contribution is 5.91. The Kier molecular flexibility index (Phi) is 4.62. The van der Waals surface area contributed by atoms with Crippen LogP contribution in [0.1, 0.15) is 29.0 Å². The standard InChI is InChI=1S/C17H20N2O4/c20-14(10-12-4-2-1-3-5-12)13-6-8-19(9-7-13)17(22)15-11-16(21)18-23-15/h1-5,11,13-14,20H,6-10H2,(H,18,21)/t14-/m1/s1. The molecule has 1 aliphatic heterocycles. The summed E-state index contributed by atoms with van der Waals surface area (Å²) in [6.07, 6.45) is 1.72. The topological polar surface area (TPSA) is 86.5 Å². The van der Waals surface area contributed by atoms with Gasteiger partial charge < -0.3 is 14.5 Å². The predicted octanol–water partition coefficient (Wildman–Crippen LogP) is 1.42. The van der Waals surface area contributed by atoms with Gasteiger partial charge in [0, 0.05) is 13.1 Å². The molecule has 0 saturated carbocycles. The van der Waals surface area contributed by atoms with E-state index >= 15 is 0 Å². The van der Waals surface area contributed by atoms with E-state index in [0.29, 0.717) is 19.5 Å². The summed E-state index contributed by atoms with van der Waals surface area (Å²) in [6, 6.07) is 11.1. The van der Waals surface area contributed by atoms with E-state index in [4.69, 9.17) is 4.52 Å². The van der Waals surface area contributed by atoms with Crippen molar-refractivity contribution in [3.63, 3.8) is 0 Å². The van der Waals surface area contributed by atoms with Gasteiger partial charge in [-0.2, -0.15) is 5.16 Å². The zero-order valence-electron chi connectivity index (χ0n) is 12.8. The highest BCUT2D eigenvalue weighted by Crippen LogP contribution is 2.24. The first-order valence-corrected chi connectivity index (χ1v) is 7.83. The third kappa shape index (κ3) is 3.71. The van der Waals surface area contributed by atoms with Crippen LogP contribution < -0.4 is 5.56 Å². The number of aromatic nitrogens is 1. The van der Waals surface area contributed by atoms with Crippen molar-refractivity contribution < 1.29 is 14.4 Å².